The molecule has 1 aliphatic rings. The molecule has 1 aliphatic heterocycles. The van der Waals surface area contributed by atoms with Crippen molar-refractivity contribution in [2.75, 3.05) is 18.5 Å². The minimum absolute atomic E-state index is 0.0600. The van der Waals surface area contributed by atoms with Gasteiger partial charge in [-0.3, -0.25) is 4.79 Å². The van der Waals surface area contributed by atoms with Gasteiger partial charge in [-0.05, 0) is 30.9 Å². The van der Waals surface area contributed by atoms with Crippen LogP contribution in [0, 0.1) is 0 Å². The van der Waals surface area contributed by atoms with Crippen LogP contribution in [0.3, 0.4) is 0 Å². The summed E-state index contributed by atoms with van der Waals surface area (Å²) >= 11 is 0. The maximum atomic E-state index is 11.9. The lowest BCUT2D eigenvalue weighted by Crippen LogP contribution is -2.48. The molecule has 0 fully saturated rings. The maximum absolute atomic E-state index is 11.9. The van der Waals surface area contributed by atoms with Crippen molar-refractivity contribution in [3.05, 3.63) is 29.3 Å². The van der Waals surface area contributed by atoms with Crippen LogP contribution in [0.1, 0.15) is 38.3 Å². The Hall–Kier alpha value is -1.39. The second-order valence-corrected chi connectivity index (χ2v) is 5.38. The van der Waals surface area contributed by atoms with E-state index in [4.69, 9.17) is 0 Å². The Bertz CT molecular complexity index is 499. The highest BCUT2D eigenvalue weighted by Crippen LogP contribution is 2.42. The standard InChI is InChI=1S/C15H22N2O2/c1-5-12-7-6-8-13-14(12)17(11(2)18)10-9-15(13,3)16(4)19/h6-8,19H,5,9-10H2,1-4H3. The third-order valence-electron chi connectivity index (χ3n) is 4.27. The average molecular weight is 262 g/mol. The zero-order valence-electron chi connectivity index (χ0n) is 12.1. The molecule has 1 heterocycles. The summed E-state index contributed by atoms with van der Waals surface area (Å²) in [5.74, 6) is 0.0600. The molecule has 1 N–H and O–H groups in total. The van der Waals surface area contributed by atoms with E-state index in [0.29, 0.717) is 6.54 Å². The largest absolute Gasteiger partial charge is 0.313 e. The molecule has 1 aromatic rings. The minimum atomic E-state index is -0.438. The van der Waals surface area contributed by atoms with Crippen molar-refractivity contribution >= 4 is 11.6 Å². The number of hydroxylamine groups is 2. The number of aryl methyl sites for hydroxylation is 1. The lowest BCUT2D eigenvalue weighted by atomic mass is 9.81. The monoisotopic (exact) mass is 262 g/mol. The van der Waals surface area contributed by atoms with Crippen LogP contribution >= 0.6 is 0 Å². The van der Waals surface area contributed by atoms with Crippen molar-refractivity contribution in [2.24, 2.45) is 0 Å². The third kappa shape index (κ3) is 2.15. The van der Waals surface area contributed by atoms with E-state index in [1.165, 1.54) is 5.06 Å². The second-order valence-electron chi connectivity index (χ2n) is 5.38. The molecule has 1 atom stereocenters. The van der Waals surface area contributed by atoms with Gasteiger partial charge in [0.1, 0.15) is 0 Å². The van der Waals surface area contributed by atoms with E-state index in [-0.39, 0.29) is 5.91 Å². The molecule has 4 heteroatoms. The summed E-state index contributed by atoms with van der Waals surface area (Å²) in [7, 11) is 1.67. The number of hydrogen-bond acceptors (Lipinski definition) is 3. The quantitative estimate of drug-likeness (QED) is 0.833. The van der Waals surface area contributed by atoms with Crippen molar-refractivity contribution in [3.63, 3.8) is 0 Å². The molecule has 0 spiro atoms. The number of amides is 1. The topological polar surface area (TPSA) is 43.8 Å². The van der Waals surface area contributed by atoms with Gasteiger partial charge in [0, 0.05) is 20.5 Å². The van der Waals surface area contributed by atoms with Crippen LogP contribution in [0.5, 0.6) is 0 Å². The second kappa shape index (κ2) is 4.94. The van der Waals surface area contributed by atoms with Crippen LogP contribution in [0.25, 0.3) is 0 Å². The number of carbonyl (C=O) groups is 1. The fourth-order valence-electron chi connectivity index (χ4n) is 2.86. The van der Waals surface area contributed by atoms with Gasteiger partial charge < -0.3 is 10.1 Å². The number of para-hydroxylation sites is 1. The van der Waals surface area contributed by atoms with Gasteiger partial charge in [-0.15, -0.1) is 0 Å². The molecule has 0 aromatic heterocycles. The van der Waals surface area contributed by atoms with Crippen LogP contribution in [0.15, 0.2) is 18.2 Å². The normalized spacial score (nSPS) is 22.5. The summed E-state index contributed by atoms with van der Waals surface area (Å²) in [6.07, 6.45) is 1.60. The Kier molecular flexibility index (Phi) is 3.65. The van der Waals surface area contributed by atoms with E-state index < -0.39 is 5.54 Å². The number of hydrogen-bond donors (Lipinski definition) is 1. The Morgan fingerprint density at radius 1 is 1.53 bits per heavy atom. The number of rotatable bonds is 2. The fraction of sp³-hybridized carbons (Fsp3) is 0.533. The molecule has 4 nitrogen and oxygen atoms in total. The van der Waals surface area contributed by atoms with Crippen molar-refractivity contribution in [2.45, 2.75) is 39.2 Å². The zero-order chi connectivity index (χ0) is 14.2. The molecule has 1 aromatic carbocycles. The third-order valence-corrected chi connectivity index (χ3v) is 4.27. The van der Waals surface area contributed by atoms with Crippen molar-refractivity contribution in [1.82, 2.24) is 5.06 Å². The number of nitrogens with zero attached hydrogens (tertiary/aromatic N) is 2. The predicted octanol–water partition coefficient (Wildman–Crippen LogP) is 2.54. The first-order valence-electron chi connectivity index (χ1n) is 6.75. The van der Waals surface area contributed by atoms with Crippen molar-refractivity contribution in [3.8, 4) is 0 Å². The molecule has 1 unspecified atom stereocenters. The Morgan fingerprint density at radius 3 is 2.74 bits per heavy atom. The smallest absolute Gasteiger partial charge is 0.223 e. The zero-order valence-corrected chi connectivity index (χ0v) is 12.1. The highest BCUT2D eigenvalue weighted by Gasteiger charge is 2.39. The number of fused-ring (bicyclic) bond motifs is 1. The molecule has 0 saturated carbocycles. The van der Waals surface area contributed by atoms with E-state index >= 15 is 0 Å². The van der Waals surface area contributed by atoms with E-state index in [2.05, 4.69) is 13.0 Å². The summed E-state index contributed by atoms with van der Waals surface area (Å²) in [4.78, 5) is 13.7. The highest BCUT2D eigenvalue weighted by molar-refractivity contribution is 5.94. The molecule has 2 rings (SSSR count). The van der Waals surface area contributed by atoms with Gasteiger partial charge in [-0.2, -0.15) is 5.06 Å². The first-order chi connectivity index (χ1) is 8.91. The van der Waals surface area contributed by atoms with E-state index in [0.717, 1.165) is 29.7 Å². The van der Waals surface area contributed by atoms with E-state index in [9.17, 15) is 10.0 Å². The van der Waals surface area contributed by atoms with Crippen LogP contribution < -0.4 is 4.90 Å². The Labute approximate surface area is 114 Å². The van der Waals surface area contributed by atoms with Gasteiger partial charge in [0.15, 0.2) is 0 Å². The van der Waals surface area contributed by atoms with E-state index in [1.54, 1.807) is 14.0 Å². The van der Waals surface area contributed by atoms with Gasteiger partial charge in [-0.1, -0.05) is 25.1 Å². The van der Waals surface area contributed by atoms with Gasteiger partial charge in [0.05, 0.1) is 11.2 Å². The minimum Gasteiger partial charge on any atom is -0.313 e. The molecule has 104 valence electrons. The molecule has 0 aliphatic carbocycles. The van der Waals surface area contributed by atoms with Crippen molar-refractivity contribution < 1.29 is 10.0 Å². The lowest BCUT2D eigenvalue weighted by molar-refractivity contribution is -0.154. The molecule has 1 amide bonds. The van der Waals surface area contributed by atoms with Crippen LogP contribution in [0.2, 0.25) is 0 Å². The fourth-order valence-corrected chi connectivity index (χ4v) is 2.86. The van der Waals surface area contributed by atoms with Gasteiger partial charge in [0.25, 0.3) is 0 Å². The highest BCUT2D eigenvalue weighted by atomic mass is 16.5. The first-order valence-corrected chi connectivity index (χ1v) is 6.75. The molecular weight excluding hydrogens is 240 g/mol. The summed E-state index contributed by atoms with van der Waals surface area (Å²) in [5.41, 5.74) is 2.72. The summed E-state index contributed by atoms with van der Waals surface area (Å²) in [6, 6.07) is 6.07. The van der Waals surface area contributed by atoms with Gasteiger partial charge in [0.2, 0.25) is 5.91 Å². The van der Waals surface area contributed by atoms with E-state index in [1.807, 2.05) is 24.0 Å². The number of anilines is 1. The summed E-state index contributed by atoms with van der Waals surface area (Å²) in [5, 5.41) is 11.3. The summed E-state index contributed by atoms with van der Waals surface area (Å²) in [6.45, 7) is 6.34. The predicted molar refractivity (Wildman–Crippen MR) is 75.4 cm³/mol. The average Bonchev–Trinajstić information content (AvgIpc) is 2.38. The molecule has 0 bridgehead atoms. The van der Waals surface area contributed by atoms with Gasteiger partial charge in [-0.25, -0.2) is 0 Å². The Balaban J connectivity index is 2.66. The summed E-state index contributed by atoms with van der Waals surface area (Å²) < 4.78 is 0. The lowest BCUT2D eigenvalue weighted by Gasteiger charge is -2.44. The molecule has 19 heavy (non-hydrogen) atoms. The SMILES string of the molecule is CCc1cccc2c1N(C(C)=O)CCC2(C)N(C)O. The van der Waals surface area contributed by atoms with Gasteiger partial charge >= 0.3 is 0 Å². The first kappa shape index (κ1) is 14.0. The molecular formula is C15H22N2O2. The van der Waals surface area contributed by atoms with Crippen molar-refractivity contribution in [1.29, 1.82) is 0 Å². The number of carbonyl (C=O) groups excluding carboxylic acids is 1. The maximum Gasteiger partial charge on any atom is 0.223 e. The molecule has 0 radical (unpaired) electrons. The number of benzene rings is 1. The van der Waals surface area contributed by atoms with Crippen LogP contribution in [-0.2, 0) is 16.8 Å². The Morgan fingerprint density at radius 2 is 2.21 bits per heavy atom. The molecule has 0 saturated heterocycles. The van der Waals surface area contributed by atoms with Crippen LogP contribution in [0.4, 0.5) is 5.69 Å². The van der Waals surface area contributed by atoms with Crippen LogP contribution in [-0.4, -0.2) is 29.8 Å².